The molecule has 3 N–H and O–H groups in total. The molecule has 0 fully saturated rings. The number of carbonyl (C=O) groups is 1. The minimum Gasteiger partial charge on any atom is -0.371 e. The van der Waals surface area contributed by atoms with Gasteiger partial charge in [0, 0.05) is 18.8 Å². The second kappa shape index (κ2) is 7.04. The summed E-state index contributed by atoms with van der Waals surface area (Å²) in [5.41, 5.74) is 7.29. The minimum absolute atomic E-state index is 0.0941. The Morgan fingerprint density at radius 2 is 2.00 bits per heavy atom. The number of nitrogens with one attached hydrogen (secondary N) is 1. The van der Waals surface area contributed by atoms with Gasteiger partial charge >= 0.3 is 0 Å². The first-order valence-corrected chi connectivity index (χ1v) is 5.78. The van der Waals surface area contributed by atoms with Crippen molar-refractivity contribution in [1.29, 1.82) is 0 Å². The number of benzene rings is 1. The Morgan fingerprint density at radius 1 is 1.35 bits per heavy atom. The Balaban J connectivity index is 2.34. The van der Waals surface area contributed by atoms with Crippen molar-refractivity contribution in [2.45, 2.75) is 20.4 Å². The maximum absolute atomic E-state index is 11.5. The Bertz CT molecular complexity index is 347. The highest BCUT2D eigenvalue weighted by atomic mass is 16.5. The minimum atomic E-state index is -0.133. The van der Waals surface area contributed by atoms with Gasteiger partial charge in [0.1, 0.15) is 6.61 Å². The van der Waals surface area contributed by atoms with Crippen LogP contribution in [0.15, 0.2) is 24.3 Å². The molecule has 0 atom stereocenters. The van der Waals surface area contributed by atoms with Gasteiger partial charge in [0.15, 0.2) is 0 Å². The van der Waals surface area contributed by atoms with E-state index in [4.69, 9.17) is 10.5 Å². The molecule has 0 aliphatic heterocycles. The summed E-state index contributed by atoms with van der Waals surface area (Å²) in [6.07, 6.45) is 0. The lowest BCUT2D eigenvalue weighted by Crippen LogP contribution is -2.19. The number of ether oxygens (including phenoxy) is 1. The Hall–Kier alpha value is -1.39. The Labute approximate surface area is 102 Å². The van der Waals surface area contributed by atoms with Crippen LogP contribution in [0.3, 0.4) is 0 Å². The first-order valence-electron chi connectivity index (χ1n) is 5.78. The summed E-state index contributed by atoms with van der Waals surface area (Å²) in [6.45, 7) is 5.29. The van der Waals surface area contributed by atoms with Gasteiger partial charge in [-0.2, -0.15) is 0 Å². The largest absolute Gasteiger partial charge is 0.371 e. The van der Waals surface area contributed by atoms with Crippen LogP contribution in [-0.4, -0.2) is 19.1 Å². The smallest absolute Gasteiger partial charge is 0.250 e. The first kappa shape index (κ1) is 13.7. The van der Waals surface area contributed by atoms with E-state index in [2.05, 4.69) is 5.32 Å². The second-order valence-electron chi connectivity index (χ2n) is 4.36. The maximum atomic E-state index is 11.5. The van der Waals surface area contributed by atoms with Crippen LogP contribution in [0.5, 0.6) is 0 Å². The highest BCUT2D eigenvalue weighted by molar-refractivity contribution is 5.91. The average molecular weight is 236 g/mol. The monoisotopic (exact) mass is 236 g/mol. The number of hydrogen-bond donors (Lipinski definition) is 2. The second-order valence-corrected chi connectivity index (χ2v) is 4.36. The van der Waals surface area contributed by atoms with Crippen LogP contribution < -0.4 is 11.1 Å². The van der Waals surface area contributed by atoms with Crippen molar-refractivity contribution in [2.24, 2.45) is 11.7 Å². The van der Waals surface area contributed by atoms with Gasteiger partial charge in [0.25, 0.3) is 0 Å². The van der Waals surface area contributed by atoms with Crippen LogP contribution in [0.25, 0.3) is 0 Å². The molecule has 1 aromatic rings. The van der Waals surface area contributed by atoms with E-state index in [0.717, 1.165) is 11.3 Å². The van der Waals surface area contributed by atoms with Crippen LogP contribution in [0, 0.1) is 5.92 Å². The predicted octanol–water partition coefficient (Wildman–Crippen LogP) is 1.76. The van der Waals surface area contributed by atoms with Crippen molar-refractivity contribution in [3.8, 4) is 0 Å². The third-order valence-corrected chi connectivity index (χ3v) is 2.16. The lowest BCUT2D eigenvalue weighted by molar-refractivity contribution is -0.120. The molecule has 1 amide bonds. The molecular weight excluding hydrogens is 216 g/mol. The number of rotatable bonds is 6. The average Bonchev–Trinajstić information content (AvgIpc) is 2.29. The van der Waals surface area contributed by atoms with E-state index in [-0.39, 0.29) is 12.5 Å². The topological polar surface area (TPSA) is 64.3 Å². The highest BCUT2D eigenvalue weighted by Gasteiger charge is 2.03. The van der Waals surface area contributed by atoms with Crippen LogP contribution in [0.2, 0.25) is 0 Å². The van der Waals surface area contributed by atoms with Crippen molar-refractivity contribution in [1.82, 2.24) is 0 Å². The van der Waals surface area contributed by atoms with Crippen molar-refractivity contribution in [3.63, 3.8) is 0 Å². The van der Waals surface area contributed by atoms with Crippen molar-refractivity contribution in [2.75, 3.05) is 18.5 Å². The standard InChI is InChI=1S/C13H20N2O2/c1-10(2)8-17-9-13(16)15-12-5-3-11(7-14)4-6-12/h3-6,10H,7-9,14H2,1-2H3,(H,15,16). The lowest BCUT2D eigenvalue weighted by atomic mass is 10.2. The van der Waals surface area contributed by atoms with E-state index in [1.165, 1.54) is 0 Å². The summed E-state index contributed by atoms with van der Waals surface area (Å²) in [5.74, 6) is 0.304. The molecule has 0 saturated carbocycles. The van der Waals surface area contributed by atoms with Gasteiger partial charge in [-0.05, 0) is 23.6 Å². The van der Waals surface area contributed by atoms with Gasteiger partial charge in [0.2, 0.25) is 5.91 Å². The summed E-state index contributed by atoms with van der Waals surface area (Å²) < 4.78 is 5.24. The molecule has 0 aliphatic carbocycles. The molecule has 0 unspecified atom stereocenters. The first-order chi connectivity index (χ1) is 8.11. The van der Waals surface area contributed by atoms with Crippen molar-refractivity contribution >= 4 is 11.6 Å². The number of nitrogens with two attached hydrogens (primary N) is 1. The van der Waals surface area contributed by atoms with Gasteiger partial charge in [-0.3, -0.25) is 4.79 Å². The summed E-state index contributed by atoms with van der Waals surface area (Å²) >= 11 is 0. The van der Waals surface area contributed by atoms with Crippen LogP contribution in [-0.2, 0) is 16.1 Å². The van der Waals surface area contributed by atoms with Gasteiger partial charge < -0.3 is 15.8 Å². The Morgan fingerprint density at radius 3 is 2.53 bits per heavy atom. The molecule has 94 valence electrons. The third kappa shape index (κ3) is 5.47. The maximum Gasteiger partial charge on any atom is 0.250 e. The summed E-state index contributed by atoms with van der Waals surface area (Å²) in [4.78, 5) is 11.5. The molecule has 0 radical (unpaired) electrons. The summed E-state index contributed by atoms with van der Waals surface area (Å²) in [7, 11) is 0. The Kier molecular flexibility index (Phi) is 5.66. The van der Waals surface area contributed by atoms with Crippen molar-refractivity contribution < 1.29 is 9.53 Å². The molecule has 4 heteroatoms. The SMILES string of the molecule is CC(C)COCC(=O)Nc1ccc(CN)cc1. The molecule has 1 rings (SSSR count). The molecule has 0 heterocycles. The molecule has 0 saturated heterocycles. The van der Waals surface area contributed by atoms with Gasteiger partial charge in [-0.25, -0.2) is 0 Å². The fourth-order valence-corrected chi connectivity index (χ4v) is 1.31. The summed E-state index contributed by atoms with van der Waals surface area (Å²) in [5, 5.41) is 2.76. The highest BCUT2D eigenvalue weighted by Crippen LogP contribution is 2.08. The predicted molar refractivity (Wildman–Crippen MR) is 68.6 cm³/mol. The number of anilines is 1. The zero-order valence-electron chi connectivity index (χ0n) is 10.4. The van der Waals surface area contributed by atoms with E-state index >= 15 is 0 Å². The number of amides is 1. The van der Waals surface area contributed by atoms with Crippen LogP contribution in [0.1, 0.15) is 19.4 Å². The van der Waals surface area contributed by atoms with E-state index in [1.807, 2.05) is 38.1 Å². The van der Waals surface area contributed by atoms with E-state index in [1.54, 1.807) is 0 Å². The molecule has 0 spiro atoms. The van der Waals surface area contributed by atoms with E-state index in [0.29, 0.717) is 19.1 Å². The summed E-state index contributed by atoms with van der Waals surface area (Å²) in [6, 6.07) is 7.46. The van der Waals surface area contributed by atoms with Crippen LogP contribution >= 0.6 is 0 Å². The van der Waals surface area contributed by atoms with E-state index in [9.17, 15) is 4.79 Å². The normalized spacial score (nSPS) is 10.6. The van der Waals surface area contributed by atoms with Crippen molar-refractivity contribution in [3.05, 3.63) is 29.8 Å². The lowest BCUT2D eigenvalue weighted by Gasteiger charge is -2.08. The van der Waals surface area contributed by atoms with Gasteiger partial charge in [-0.1, -0.05) is 26.0 Å². The van der Waals surface area contributed by atoms with E-state index < -0.39 is 0 Å². The zero-order chi connectivity index (χ0) is 12.7. The number of carbonyl (C=O) groups excluding carboxylic acids is 1. The molecule has 17 heavy (non-hydrogen) atoms. The fourth-order valence-electron chi connectivity index (χ4n) is 1.31. The molecule has 1 aromatic carbocycles. The quantitative estimate of drug-likeness (QED) is 0.791. The molecule has 0 aromatic heterocycles. The molecule has 0 aliphatic rings. The molecule has 4 nitrogen and oxygen atoms in total. The number of hydrogen-bond acceptors (Lipinski definition) is 3. The third-order valence-electron chi connectivity index (χ3n) is 2.16. The zero-order valence-corrected chi connectivity index (χ0v) is 10.4. The van der Waals surface area contributed by atoms with Gasteiger partial charge in [0.05, 0.1) is 0 Å². The molecule has 0 bridgehead atoms. The van der Waals surface area contributed by atoms with Gasteiger partial charge in [-0.15, -0.1) is 0 Å². The fraction of sp³-hybridized carbons (Fsp3) is 0.462. The molecular formula is C13H20N2O2. The van der Waals surface area contributed by atoms with Crippen LogP contribution in [0.4, 0.5) is 5.69 Å².